The van der Waals surface area contributed by atoms with Gasteiger partial charge in [-0.05, 0) is 42.7 Å². The molecule has 1 aromatic rings. The maximum atomic E-state index is 11.9. The van der Waals surface area contributed by atoms with E-state index in [1.54, 1.807) is 24.3 Å². The van der Waals surface area contributed by atoms with E-state index in [9.17, 15) is 20.1 Å². The standard InChI is InChI=1S/C15H14O4/c16-11-7-4-10(5-8-11)6-9-14(19)15-12(17)2-1-3-13(15)18/h1-4,6-10,16-18H,5H2. The van der Waals surface area contributed by atoms with E-state index < -0.39 is 5.78 Å². The van der Waals surface area contributed by atoms with Crippen LogP contribution >= 0.6 is 0 Å². The quantitative estimate of drug-likeness (QED) is 0.575. The van der Waals surface area contributed by atoms with Gasteiger partial charge in [0.15, 0.2) is 5.78 Å². The zero-order valence-electron chi connectivity index (χ0n) is 10.2. The van der Waals surface area contributed by atoms with Crippen LogP contribution in [0.15, 0.2) is 54.3 Å². The smallest absolute Gasteiger partial charge is 0.193 e. The normalized spacial score (nSPS) is 18.5. The Morgan fingerprint density at radius 3 is 2.47 bits per heavy atom. The van der Waals surface area contributed by atoms with Crippen LogP contribution in [0.3, 0.4) is 0 Å². The first-order chi connectivity index (χ1) is 9.08. The molecular weight excluding hydrogens is 244 g/mol. The second-order valence-electron chi connectivity index (χ2n) is 4.28. The van der Waals surface area contributed by atoms with Crippen molar-refractivity contribution in [1.82, 2.24) is 0 Å². The number of hydrogen-bond donors (Lipinski definition) is 3. The van der Waals surface area contributed by atoms with E-state index in [0.717, 1.165) is 0 Å². The number of aliphatic hydroxyl groups excluding tert-OH is 1. The summed E-state index contributed by atoms with van der Waals surface area (Å²) in [6.45, 7) is 0. The summed E-state index contributed by atoms with van der Waals surface area (Å²) in [6, 6.07) is 4.16. The Bertz CT molecular complexity index is 562. The van der Waals surface area contributed by atoms with Gasteiger partial charge >= 0.3 is 0 Å². The van der Waals surface area contributed by atoms with Crippen molar-refractivity contribution in [3.05, 3.63) is 59.9 Å². The van der Waals surface area contributed by atoms with Crippen molar-refractivity contribution in [2.45, 2.75) is 6.42 Å². The lowest BCUT2D eigenvalue weighted by molar-refractivity contribution is 0.104. The predicted octanol–water partition coefficient (Wildman–Crippen LogP) is 2.85. The molecule has 0 radical (unpaired) electrons. The SMILES string of the molecule is O=C(C=CC1C=CC(O)=CC1)c1c(O)cccc1O. The average Bonchev–Trinajstić information content (AvgIpc) is 2.38. The molecule has 0 spiro atoms. The van der Waals surface area contributed by atoms with Crippen LogP contribution in [-0.2, 0) is 0 Å². The molecule has 1 aliphatic rings. The van der Waals surface area contributed by atoms with Gasteiger partial charge in [-0.25, -0.2) is 0 Å². The zero-order chi connectivity index (χ0) is 13.8. The number of ketones is 1. The van der Waals surface area contributed by atoms with E-state index >= 15 is 0 Å². The maximum Gasteiger partial charge on any atom is 0.193 e. The Morgan fingerprint density at radius 2 is 1.89 bits per heavy atom. The molecule has 0 saturated carbocycles. The second-order valence-corrected chi connectivity index (χ2v) is 4.28. The molecule has 1 unspecified atom stereocenters. The Labute approximate surface area is 110 Å². The van der Waals surface area contributed by atoms with Gasteiger partial charge < -0.3 is 15.3 Å². The first kappa shape index (κ1) is 13.0. The number of carbonyl (C=O) groups excluding carboxylic acids is 1. The van der Waals surface area contributed by atoms with Crippen molar-refractivity contribution in [3.8, 4) is 11.5 Å². The fourth-order valence-electron chi connectivity index (χ4n) is 1.84. The van der Waals surface area contributed by atoms with Gasteiger partial charge in [0.1, 0.15) is 22.8 Å². The molecule has 1 aromatic carbocycles. The molecule has 19 heavy (non-hydrogen) atoms. The molecule has 0 amide bonds. The summed E-state index contributed by atoms with van der Waals surface area (Å²) in [5.74, 6) is -0.706. The number of benzene rings is 1. The van der Waals surface area contributed by atoms with E-state index in [2.05, 4.69) is 0 Å². The van der Waals surface area contributed by atoms with Crippen LogP contribution in [0.1, 0.15) is 16.8 Å². The molecule has 0 fully saturated rings. The molecule has 98 valence electrons. The molecule has 0 saturated heterocycles. The van der Waals surface area contributed by atoms with E-state index in [0.29, 0.717) is 6.42 Å². The van der Waals surface area contributed by atoms with Gasteiger partial charge in [0, 0.05) is 0 Å². The monoisotopic (exact) mass is 258 g/mol. The van der Waals surface area contributed by atoms with Crippen LogP contribution < -0.4 is 0 Å². The summed E-state index contributed by atoms with van der Waals surface area (Å²) in [6.07, 6.45) is 8.62. The van der Waals surface area contributed by atoms with Gasteiger partial charge in [0.25, 0.3) is 0 Å². The van der Waals surface area contributed by atoms with E-state index in [4.69, 9.17) is 0 Å². The summed E-state index contributed by atoms with van der Waals surface area (Å²) < 4.78 is 0. The van der Waals surface area contributed by atoms with Gasteiger partial charge in [-0.1, -0.05) is 18.2 Å². The minimum Gasteiger partial charge on any atom is -0.508 e. The van der Waals surface area contributed by atoms with Crippen LogP contribution in [0, 0.1) is 5.92 Å². The van der Waals surface area contributed by atoms with Crippen LogP contribution in [0.2, 0.25) is 0 Å². The summed E-state index contributed by atoms with van der Waals surface area (Å²) in [7, 11) is 0. The van der Waals surface area contributed by atoms with Crippen molar-refractivity contribution in [1.29, 1.82) is 0 Å². The van der Waals surface area contributed by atoms with E-state index in [-0.39, 0.29) is 28.7 Å². The lowest BCUT2D eigenvalue weighted by atomic mass is 9.98. The topological polar surface area (TPSA) is 77.8 Å². The van der Waals surface area contributed by atoms with Gasteiger partial charge in [-0.3, -0.25) is 4.79 Å². The highest BCUT2D eigenvalue weighted by Gasteiger charge is 2.14. The molecule has 4 heteroatoms. The summed E-state index contributed by atoms with van der Waals surface area (Å²) in [5, 5.41) is 28.3. The third kappa shape index (κ3) is 3.04. The molecule has 1 atom stereocenters. The van der Waals surface area contributed by atoms with Crippen molar-refractivity contribution >= 4 is 5.78 Å². The minimum atomic E-state index is -0.456. The van der Waals surface area contributed by atoms with Crippen LogP contribution in [-0.4, -0.2) is 21.1 Å². The lowest BCUT2D eigenvalue weighted by Gasteiger charge is -2.09. The Kier molecular flexibility index (Phi) is 3.71. The first-order valence-corrected chi connectivity index (χ1v) is 5.88. The largest absolute Gasteiger partial charge is 0.508 e. The van der Waals surface area contributed by atoms with E-state index in [1.807, 2.05) is 0 Å². The number of aromatic hydroxyl groups is 2. The molecule has 3 N–H and O–H groups in total. The predicted molar refractivity (Wildman–Crippen MR) is 71.2 cm³/mol. The molecule has 4 nitrogen and oxygen atoms in total. The first-order valence-electron chi connectivity index (χ1n) is 5.88. The number of phenols is 2. The van der Waals surface area contributed by atoms with Gasteiger partial charge in [0.2, 0.25) is 0 Å². The van der Waals surface area contributed by atoms with E-state index in [1.165, 1.54) is 24.3 Å². The fraction of sp³-hybridized carbons (Fsp3) is 0.133. The zero-order valence-corrected chi connectivity index (χ0v) is 10.2. The Balaban J connectivity index is 2.12. The highest BCUT2D eigenvalue weighted by atomic mass is 16.3. The average molecular weight is 258 g/mol. The number of rotatable bonds is 3. The summed E-state index contributed by atoms with van der Waals surface area (Å²) in [4.78, 5) is 11.9. The molecule has 2 rings (SSSR count). The van der Waals surface area contributed by atoms with Crippen molar-refractivity contribution in [2.24, 2.45) is 5.92 Å². The minimum absolute atomic E-state index is 0.0212. The van der Waals surface area contributed by atoms with Crippen LogP contribution in [0.4, 0.5) is 0 Å². The number of allylic oxidation sites excluding steroid dienone is 5. The van der Waals surface area contributed by atoms with Gasteiger partial charge in [0.05, 0.1) is 0 Å². The third-order valence-electron chi connectivity index (χ3n) is 2.87. The Morgan fingerprint density at radius 1 is 1.21 bits per heavy atom. The molecule has 0 bridgehead atoms. The van der Waals surface area contributed by atoms with Crippen LogP contribution in [0.25, 0.3) is 0 Å². The molecule has 1 aliphatic carbocycles. The van der Waals surface area contributed by atoms with Crippen molar-refractivity contribution in [2.75, 3.05) is 0 Å². The number of aliphatic hydroxyl groups is 1. The fourth-order valence-corrected chi connectivity index (χ4v) is 1.84. The summed E-state index contributed by atoms with van der Waals surface area (Å²) >= 11 is 0. The number of hydrogen-bond acceptors (Lipinski definition) is 4. The van der Waals surface area contributed by atoms with Crippen molar-refractivity contribution < 1.29 is 20.1 Å². The molecule has 0 heterocycles. The van der Waals surface area contributed by atoms with Crippen LogP contribution in [0.5, 0.6) is 11.5 Å². The molecule has 0 aliphatic heterocycles. The molecular formula is C15H14O4. The highest BCUT2D eigenvalue weighted by molar-refractivity contribution is 6.08. The summed E-state index contributed by atoms with van der Waals surface area (Å²) in [5.41, 5.74) is -0.100. The second kappa shape index (κ2) is 5.44. The number of phenolic OH excluding ortho intramolecular Hbond substituents is 2. The maximum absolute atomic E-state index is 11.9. The highest BCUT2D eigenvalue weighted by Crippen LogP contribution is 2.27. The third-order valence-corrected chi connectivity index (χ3v) is 2.87. The van der Waals surface area contributed by atoms with Gasteiger partial charge in [-0.2, -0.15) is 0 Å². The number of carbonyl (C=O) groups is 1. The Hall–Kier alpha value is -2.49. The lowest BCUT2D eigenvalue weighted by Crippen LogP contribution is -2.00. The van der Waals surface area contributed by atoms with Gasteiger partial charge in [-0.15, -0.1) is 0 Å². The van der Waals surface area contributed by atoms with Crippen molar-refractivity contribution in [3.63, 3.8) is 0 Å². The molecule has 0 aromatic heterocycles.